The Labute approximate surface area is 123 Å². The van der Waals surface area contributed by atoms with Gasteiger partial charge >= 0.3 is 0 Å². The Morgan fingerprint density at radius 3 is 2.90 bits per heavy atom. The molecule has 0 aromatic heterocycles. The fraction of sp³-hybridized carbons (Fsp3) is 0.467. The normalized spacial score (nSPS) is 17.9. The first kappa shape index (κ1) is 13.9. The molecule has 1 N–H and O–H groups in total. The van der Waals surface area contributed by atoms with Crippen molar-refractivity contribution in [2.45, 2.75) is 12.8 Å². The molecule has 1 fully saturated rings. The van der Waals surface area contributed by atoms with E-state index in [1.54, 1.807) is 11.0 Å². The van der Waals surface area contributed by atoms with Crippen LogP contribution in [0.4, 0.5) is 5.69 Å². The summed E-state index contributed by atoms with van der Waals surface area (Å²) in [5.41, 5.74) is 1.88. The number of nitrogens with zero attached hydrogens (tertiary/aromatic N) is 1. The third-order valence-corrected chi connectivity index (χ3v) is 3.70. The van der Waals surface area contributed by atoms with Crippen molar-refractivity contribution in [2.75, 3.05) is 38.2 Å². The van der Waals surface area contributed by atoms with Crippen LogP contribution in [0.25, 0.3) is 0 Å². The van der Waals surface area contributed by atoms with E-state index in [-0.39, 0.29) is 18.4 Å². The van der Waals surface area contributed by atoms with E-state index in [2.05, 4.69) is 5.32 Å². The second-order valence-corrected chi connectivity index (χ2v) is 5.15. The van der Waals surface area contributed by atoms with Crippen LogP contribution in [-0.2, 0) is 20.7 Å². The van der Waals surface area contributed by atoms with E-state index < -0.39 is 0 Å². The molecule has 0 saturated carbocycles. The van der Waals surface area contributed by atoms with Crippen molar-refractivity contribution in [3.8, 4) is 5.75 Å². The van der Waals surface area contributed by atoms with Gasteiger partial charge in [-0.2, -0.15) is 0 Å². The van der Waals surface area contributed by atoms with E-state index in [0.717, 1.165) is 11.3 Å². The number of rotatable bonds is 3. The van der Waals surface area contributed by atoms with Gasteiger partial charge in [-0.3, -0.25) is 9.59 Å². The van der Waals surface area contributed by atoms with Gasteiger partial charge in [-0.15, -0.1) is 0 Å². The van der Waals surface area contributed by atoms with Gasteiger partial charge < -0.3 is 19.7 Å². The molecule has 2 aliphatic heterocycles. The SMILES string of the molecule is O=C1CCc2cc(OCC(=O)N3CCOCC3)ccc2N1. The number of anilines is 1. The maximum absolute atomic E-state index is 12.0. The third kappa shape index (κ3) is 3.33. The Morgan fingerprint density at radius 2 is 2.10 bits per heavy atom. The maximum Gasteiger partial charge on any atom is 0.260 e. The molecule has 112 valence electrons. The van der Waals surface area contributed by atoms with Crippen molar-refractivity contribution < 1.29 is 19.1 Å². The highest BCUT2D eigenvalue weighted by Crippen LogP contribution is 2.26. The largest absolute Gasteiger partial charge is 0.484 e. The van der Waals surface area contributed by atoms with Gasteiger partial charge in [0.2, 0.25) is 5.91 Å². The maximum atomic E-state index is 12.0. The molecule has 0 spiro atoms. The molecular weight excluding hydrogens is 272 g/mol. The lowest BCUT2D eigenvalue weighted by Gasteiger charge is -2.26. The van der Waals surface area contributed by atoms with Gasteiger partial charge in [-0.1, -0.05) is 0 Å². The average molecular weight is 290 g/mol. The van der Waals surface area contributed by atoms with Crippen LogP contribution >= 0.6 is 0 Å². The van der Waals surface area contributed by atoms with E-state index in [1.165, 1.54) is 0 Å². The number of aryl methyl sites for hydroxylation is 1. The van der Waals surface area contributed by atoms with Crippen LogP contribution in [-0.4, -0.2) is 49.6 Å². The molecule has 1 aromatic carbocycles. The molecule has 2 amide bonds. The van der Waals surface area contributed by atoms with Crippen LogP contribution in [0.15, 0.2) is 18.2 Å². The lowest BCUT2D eigenvalue weighted by Crippen LogP contribution is -2.42. The molecule has 6 heteroatoms. The minimum atomic E-state index is -0.0238. The summed E-state index contributed by atoms with van der Waals surface area (Å²) >= 11 is 0. The first-order chi connectivity index (χ1) is 10.2. The predicted octanol–water partition coefficient (Wildman–Crippen LogP) is 0.809. The number of fused-ring (bicyclic) bond motifs is 1. The fourth-order valence-electron chi connectivity index (χ4n) is 2.50. The van der Waals surface area contributed by atoms with E-state index in [9.17, 15) is 9.59 Å². The average Bonchev–Trinajstić information content (AvgIpc) is 2.53. The predicted molar refractivity (Wildman–Crippen MR) is 76.3 cm³/mol. The van der Waals surface area contributed by atoms with Crippen LogP contribution in [0.2, 0.25) is 0 Å². The molecule has 0 unspecified atom stereocenters. The van der Waals surface area contributed by atoms with Gasteiger partial charge in [0.05, 0.1) is 13.2 Å². The Hall–Kier alpha value is -2.08. The minimum Gasteiger partial charge on any atom is -0.484 e. The molecule has 3 rings (SSSR count). The van der Waals surface area contributed by atoms with Crippen molar-refractivity contribution in [1.82, 2.24) is 4.90 Å². The minimum absolute atomic E-state index is 0.0238. The number of amides is 2. The number of nitrogens with one attached hydrogen (secondary N) is 1. The third-order valence-electron chi connectivity index (χ3n) is 3.70. The smallest absolute Gasteiger partial charge is 0.260 e. The monoisotopic (exact) mass is 290 g/mol. The number of carbonyl (C=O) groups excluding carboxylic acids is 2. The summed E-state index contributed by atoms with van der Waals surface area (Å²) in [7, 11) is 0. The van der Waals surface area contributed by atoms with Crippen LogP contribution in [0.1, 0.15) is 12.0 Å². The number of benzene rings is 1. The number of carbonyl (C=O) groups is 2. The summed E-state index contributed by atoms with van der Waals surface area (Å²) in [6.07, 6.45) is 1.19. The number of ether oxygens (including phenoxy) is 2. The molecule has 0 radical (unpaired) electrons. The quantitative estimate of drug-likeness (QED) is 0.894. The van der Waals surface area contributed by atoms with Gasteiger partial charge in [-0.25, -0.2) is 0 Å². The van der Waals surface area contributed by atoms with Crippen molar-refractivity contribution >= 4 is 17.5 Å². The lowest BCUT2D eigenvalue weighted by atomic mass is 10.0. The summed E-state index contributed by atoms with van der Waals surface area (Å²) < 4.78 is 10.8. The second kappa shape index (κ2) is 6.13. The fourth-order valence-corrected chi connectivity index (χ4v) is 2.50. The van der Waals surface area contributed by atoms with E-state index in [4.69, 9.17) is 9.47 Å². The first-order valence-corrected chi connectivity index (χ1v) is 7.13. The molecule has 6 nitrogen and oxygen atoms in total. The number of morpholine rings is 1. The van der Waals surface area contributed by atoms with Crippen molar-refractivity contribution in [2.24, 2.45) is 0 Å². The molecule has 0 aliphatic carbocycles. The molecule has 1 saturated heterocycles. The highest BCUT2D eigenvalue weighted by atomic mass is 16.5. The second-order valence-electron chi connectivity index (χ2n) is 5.15. The Kier molecular flexibility index (Phi) is 4.06. The molecule has 1 aromatic rings. The van der Waals surface area contributed by atoms with E-state index >= 15 is 0 Å². The highest BCUT2D eigenvalue weighted by Gasteiger charge is 2.18. The number of hydrogen-bond acceptors (Lipinski definition) is 4. The Morgan fingerprint density at radius 1 is 1.29 bits per heavy atom. The molecule has 0 bridgehead atoms. The van der Waals surface area contributed by atoms with Crippen molar-refractivity contribution in [1.29, 1.82) is 0 Å². The summed E-state index contributed by atoms with van der Waals surface area (Å²) in [6, 6.07) is 5.49. The highest BCUT2D eigenvalue weighted by molar-refractivity contribution is 5.94. The summed E-state index contributed by atoms with van der Waals surface area (Å²) in [5.74, 6) is 0.675. The Balaban J connectivity index is 1.58. The zero-order valence-corrected chi connectivity index (χ0v) is 11.8. The first-order valence-electron chi connectivity index (χ1n) is 7.13. The van der Waals surface area contributed by atoms with E-state index in [0.29, 0.717) is 44.9 Å². The Bertz CT molecular complexity index is 553. The zero-order valence-electron chi connectivity index (χ0n) is 11.8. The molecule has 21 heavy (non-hydrogen) atoms. The molecular formula is C15H18N2O4. The lowest BCUT2D eigenvalue weighted by molar-refractivity contribution is -0.137. The van der Waals surface area contributed by atoms with Crippen LogP contribution < -0.4 is 10.1 Å². The van der Waals surface area contributed by atoms with Gasteiger partial charge in [0.15, 0.2) is 6.61 Å². The molecule has 2 heterocycles. The molecule has 2 aliphatic rings. The van der Waals surface area contributed by atoms with Crippen LogP contribution in [0.3, 0.4) is 0 Å². The van der Waals surface area contributed by atoms with Crippen molar-refractivity contribution in [3.05, 3.63) is 23.8 Å². The van der Waals surface area contributed by atoms with Gasteiger partial charge in [0.1, 0.15) is 5.75 Å². The summed E-state index contributed by atoms with van der Waals surface area (Å²) in [6.45, 7) is 2.45. The summed E-state index contributed by atoms with van der Waals surface area (Å²) in [4.78, 5) is 25.0. The molecule has 0 atom stereocenters. The summed E-state index contributed by atoms with van der Waals surface area (Å²) in [5, 5.41) is 2.82. The van der Waals surface area contributed by atoms with Crippen molar-refractivity contribution in [3.63, 3.8) is 0 Å². The zero-order chi connectivity index (χ0) is 14.7. The van der Waals surface area contributed by atoms with Crippen LogP contribution in [0, 0.1) is 0 Å². The number of hydrogen-bond donors (Lipinski definition) is 1. The van der Waals surface area contributed by atoms with E-state index in [1.807, 2.05) is 12.1 Å². The standard InChI is InChI=1S/C15H18N2O4/c18-14-4-1-11-9-12(2-3-13(11)16-14)21-10-15(19)17-5-7-20-8-6-17/h2-3,9H,1,4-8,10H2,(H,16,18). The van der Waals surface area contributed by atoms with Gasteiger partial charge in [0, 0.05) is 25.2 Å². The van der Waals surface area contributed by atoms with Gasteiger partial charge in [-0.05, 0) is 30.2 Å². The van der Waals surface area contributed by atoms with Gasteiger partial charge in [0.25, 0.3) is 5.91 Å². The topological polar surface area (TPSA) is 67.9 Å². The van der Waals surface area contributed by atoms with Crippen LogP contribution in [0.5, 0.6) is 5.75 Å².